The molecule has 0 fully saturated rings. The molecule has 3 N–H and O–H groups in total. The minimum Gasteiger partial charge on any atom is -0.440 e. The normalized spacial score (nSPS) is 11.6. The second kappa shape index (κ2) is 5.01. The van der Waals surface area contributed by atoms with Gasteiger partial charge in [0.15, 0.2) is 0 Å². The highest BCUT2D eigenvalue weighted by molar-refractivity contribution is 7.99. The lowest BCUT2D eigenvalue weighted by Gasteiger charge is -2.06. The number of hydrogen-bond donors (Lipinski definition) is 2. The van der Waals surface area contributed by atoms with Gasteiger partial charge in [-0.05, 0) is 37.0 Å². The Hall–Kier alpha value is -1.51. The maximum absolute atomic E-state index is 11.6. The van der Waals surface area contributed by atoms with E-state index in [9.17, 15) is 8.42 Å². The van der Waals surface area contributed by atoms with Crippen LogP contribution in [-0.2, 0) is 10.0 Å². The number of nitrogens with one attached hydrogen (secondary N) is 1. The number of benzene rings is 1. The van der Waals surface area contributed by atoms with Gasteiger partial charge in [0.25, 0.3) is 5.22 Å². The van der Waals surface area contributed by atoms with Gasteiger partial charge in [-0.25, -0.2) is 18.1 Å². The predicted octanol–water partition coefficient (Wildman–Crippen LogP) is 1.32. The van der Waals surface area contributed by atoms with E-state index >= 15 is 0 Å². The topological polar surface area (TPSA) is 98.2 Å². The summed E-state index contributed by atoms with van der Waals surface area (Å²) in [6.45, 7) is 0. The van der Waals surface area contributed by atoms with Gasteiger partial charge in [-0.3, -0.25) is 0 Å². The van der Waals surface area contributed by atoms with Gasteiger partial charge < -0.3 is 10.2 Å². The fourth-order valence-corrected chi connectivity index (χ4v) is 2.74. The molecule has 0 amide bonds. The van der Waals surface area contributed by atoms with Crippen LogP contribution in [0.1, 0.15) is 0 Å². The van der Waals surface area contributed by atoms with Crippen molar-refractivity contribution in [2.45, 2.75) is 15.0 Å². The van der Waals surface area contributed by atoms with Crippen LogP contribution in [-0.4, -0.2) is 20.4 Å². The molecule has 0 aliphatic rings. The monoisotopic (exact) mass is 285 g/mol. The Labute approximate surface area is 109 Å². The second-order valence-corrected chi connectivity index (χ2v) is 6.19. The highest BCUT2D eigenvalue weighted by Gasteiger charge is 2.14. The molecule has 0 bridgehead atoms. The van der Waals surface area contributed by atoms with Gasteiger partial charge in [-0.1, -0.05) is 0 Å². The maximum atomic E-state index is 11.6. The molecule has 2 rings (SSSR count). The molecule has 6 nitrogen and oxygen atoms in total. The third-order valence-corrected chi connectivity index (χ3v) is 4.55. The van der Waals surface area contributed by atoms with E-state index in [-0.39, 0.29) is 4.90 Å². The Bertz CT molecular complexity index is 638. The number of hydrogen-bond acceptors (Lipinski definition) is 6. The SMILES string of the molecule is CNS(=O)(=O)c1ccc(Sc2ncco2)c(N)c1. The van der Waals surface area contributed by atoms with Crippen LogP contribution in [0.4, 0.5) is 5.69 Å². The summed E-state index contributed by atoms with van der Waals surface area (Å²) >= 11 is 1.23. The molecule has 0 aliphatic heterocycles. The summed E-state index contributed by atoms with van der Waals surface area (Å²) < 4.78 is 30.5. The Balaban J connectivity index is 2.31. The lowest BCUT2D eigenvalue weighted by atomic mass is 10.3. The summed E-state index contributed by atoms with van der Waals surface area (Å²) in [6, 6.07) is 4.50. The molecule has 0 aliphatic carbocycles. The van der Waals surface area contributed by atoms with Crippen molar-refractivity contribution in [3.63, 3.8) is 0 Å². The number of sulfonamides is 1. The van der Waals surface area contributed by atoms with Crippen molar-refractivity contribution < 1.29 is 12.8 Å². The summed E-state index contributed by atoms with van der Waals surface area (Å²) in [5.74, 6) is 0. The molecule has 0 atom stereocenters. The van der Waals surface area contributed by atoms with Crippen LogP contribution < -0.4 is 10.5 Å². The zero-order valence-electron chi connectivity index (χ0n) is 9.45. The van der Waals surface area contributed by atoms with E-state index in [2.05, 4.69) is 9.71 Å². The number of nitrogen functional groups attached to an aromatic ring is 1. The summed E-state index contributed by atoms with van der Waals surface area (Å²) in [4.78, 5) is 4.76. The molecule has 18 heavy (non-hydrogen) atoms. The zero-order valence-corrected chi connectivity index (χ0v) is 11.1. The lowest BCUT2D eigenvalue weighted by Crippen LogP contribution is -2.18. The third-order valence-electron chi connectivity index (χ3n) is 2.17. The van der Waals surface area contributed by atoms with Gasteiger partial charge in [-0.15, -0.1) is 0 Å². The molecular weight excluding hydrogens is 274 g/mol. The van der Waals surface area contributed by atoms with Crippen molar-refractivity contribution in [1.82, 2.24) is 9.71 Å². The number of nitrogens with two attached hydrogens (primary N) is 1. The minimum absolute atomic E-state index is 0.124. The molecule has 0 spiro atoms. The van der Waals surface area contributed by atoms with Crippen molar-refractivity contribution in [3.8, 4) is 0 Å². The van der Waals surface area contributed by atoms with Crippen LogP contribution >= 0.6 is 11.8 Å². The van der Waals surface area contributed by atoms with E-state index in [1.807, 2.05) is 0 Å². The fraction of sp³-hybridized carbons (Fsp3) is 0.100. The Morgan fingerprint density at radius 1 is 1.44 bits per heavy atom. The largest absolute Gasteiger partial charge is 0.440 e. The van der Waals surface area contributed by atoms with Gasteiger partial charge >= 0.3 is 0 Å². The van der Waals surface area contributed by atoms with Crippen molar-refractivity contribution >= 4 is 27.5 Å². The standard InChI is InChI=1S/C10H11N3O3S2/c1-12-18(14,15)7-2-3-9(8(11)6-7)17-10-13-4-5-16-10/h2-6,12H,11H2,1H3. The quantitative estimate of drug-likeness (QED) is 0.822. The van der Waals surface area contributed by atoms with Crippen LogP contribution in [0.3, 0.4) is 0 Å². The molecule has 0 saturated heterocycles. The molecule has 8 heteroatoms. The molecule has 2 aromatic rings. The number of oxazole rings is 1. The summed E-state index contributed by atoms with van der Waals surface area (Å²) in [5, 5.41) is 0.450. The fourth-order valence-electron chi connectivity index (χ4n) is 1.26. The summed E-state index contributed by atoms with van der Waals surface area (Å²) in [7, 11) is -2.13. The maximum Gasteiger partial charge on any atom is 0.260 e. The van der Waals surface area contributed by atoms with Crippen molar-refractivity contribution in [3.05, 3.63) is 30.7 Å². The van der Waals surface area contributed by atoms with E-state index < -0.39 is 10.0 Å². The summed E-state index contributed by atoms with van der Waals surface area (Å²) in [6.07, 6.45) is 2.98. The Kier molecular flexibility index (Phi) is 3.60. The highest BCUT2D eigenvalue weighted by Crippen LogP contribution is 2.32. The van der Waals surface area contributed by atoms with Crippen LogP contribution in [0, 0.1) is 0 Å². The van der Waals surface area contributed by atoms with E-state index in [0.29, 0.717) is 15.8 Å². The van der Waals surface area contributed by atoms with Gasteiger partial charge in [0.1, 0.15) is 6.26 Å². The summed E-state index contributed by atoms with van der Waals surface area (Å²) in [5.41, 5.74) is 6.16. The smallest absolute Gasteiger partial charge is 0.260 e. The highest BCUT2D eigenvalue weighted by atomic mass is 32.2. The van der Waals surface area contributed by atoms with Crippen molar-refractivity contribution in [1.29, 1.82) is 0 Å². The Morgan fingerprint density at radius 2 is 2.22 bits per heavy atom. The Morgan fingerprint density at radius 3 is 2.78 bits per heavy atom. The number of anilines is 1. The van der Waals surface area contributed by atoms with Gasteiger partial charge in [-0.2, -0.15) is 0 Å². The molecule has 1 aromatic carbocycles. The first-order chi connectivity index (χ1) is 8.53. The van der Waals surface area contributed by atoms with Gasteiger partial charge in [0, 0.05) is 10.6 Å². The van der Waals surface area contributed by atoms with Gasteiger partial charge in [0.05, 0.1) is 11.1 Å². The van der Waals surface area contributed by atoms with Crippen LogP contribution in [0.2, 0.25) is 0 Å². The van der Waals surface area contributed by atoms with Crippen LogP contribution in [0.5, 0.6) is 0 Å². The van der Waals surface area contributed by atoms with Gasteiger partial charge in [0.2, 0.25) is 10.0 Å². The van der Waals surface area contributed by atoms with Crippen molar-refractivity contribution in [2.24, 2.45) is 0 Å². The molecule has 0 radical (unpaired) electrons. The average Bonchev–Trinajstić information content (AvgIpc) is 2.84. The molecule has 1 aromatic heterocycles. The van der Waals surface area contributed by atoms with E-state index in [0.717, 1.165) is 0 Å². The third kappa shape index (κ3) is 2.66. The first-order valence-electron chi connectivity index (χ1n) is 4.93. The average molecular weight is 285 g/mol. The minimum atomic E-state index is -3.48. The van der Waals surface area contributed by atoms with E-state index in [4.69, 9.17) is 10.2 Å². The van der Waals surface area contributed by atoms with Crippen LogP contribution in [0.25, 0.3) is 0 Å². The molecular formula is C10H11N3O3S2. The lowest BCUT2D eigenvalue weighted by molar-refractivity contribution is 0.454. The zero-order chi connectivity index (χ0) is 13.2. The molecule has 1 heterocycles. The molecule has 96 valence electrons. The molecule has 0 unspecified atom stereocenters. The first-order valence-corrected chi connectivity index (χ1v) is 7.23. The molecule has 0 saturated carbocycles. The van der Waals surface area contributed by atoms with E-state index in [1.165, 1.54) is 43.4 Å². The van der Waals surface area contributed by atoms with E-state index in [1.54, 1.807) is 6.07 Å². The first kappa shape index (κ1) is 12.9. The number of nitrogens with zero attached hydrogens (tertiary/aromatic N) is 1. The van der Waals surface area contributed by atoms with Crippen LogP contribution in [0.15, 0.2) is 50.1 Å². The van der Waals surface area contributed by atoms with Crippen molar-refractivity contribution in [2.75, 3.05) is 12.8 Å². The second-order valence-electron chi connectivity index (χ2n) is 3.31. The number of aromatic nitrogens is 1. The predicted molar refractivity (Wildman–Crippen MR) is 67.7 cm³/mol. The number of rotatable bonds is 4.